The third-order valence-electron chi connectivity index (χ3n) is 6.28. The van der Waals surface area contributed by atoms with Crippen LogP contribution in [0.5, 0.6) is 0 Å². The van der Waals surface area contributed by atoms with Gasteiger partial charge >= 0.3 is 0 Å². The lowest BCUT2D eigenvalue weighted by molar-refractivity contribution is -0.119. The predicted molar refractivity (Wildman–Crippen MR) is 151 cm³/mol. The van der Waals surface area contributed by atoms with Crippen molar-refractivity contribution in [2.45, 2.75) is 0 Å². The van der Waals surface area contributed by atoms with E-state index in [-0.39, 0.29) is 24.3 Å². The molecule has 0 aromatic heterocycles. The van der Waals surface area contributed by atoms with Gasteiger partial charge in [0, 0.05) is 35.2 Å². The number of nitrogens with zero attached hydrogens (tertiary/aromatic N) is 1. The highest BCUT2D eigenvalue weighted by Gasteiger charge is 2.28. The second-order valence-corrected chi connectivity index (χ2v) is 8.72. The minimum atomic E-state index is -0.279. The van der Waals surface area contributed by atoms with Gasteiger partial charge in [-0.05, 0) is 48.0 Å². The SMILES string of the molecule is CNC(=O)CN(C(=O)c1ccccc1)c1ccc(N/C(=C2\C(=O)Nc3ccccc32)c2ccccc2)cc1. The summed E-state index contributed by atoms with van der Waals surface area (Å²) in [6.07, 6.45) is 0. The molecule has 1 aliphatic rings. The molecular formula is C31H26N4O3. The van der Waals surface area contributed by atoms with E-state index < -0.39 is 0 Å². The van der Waals surface area contributed by atoms with Gasteiger partial charge in [0.15, 0.2) is 0 Å². The van der Waals surface area contributed by atoms with Gasteiger partial charge in [0.2, 0.25) is 5.91 Å². The van der Waals surface area contributed by atoms with Crippen LogP contribution in [0.1, 0.15) is 21.5 Å². The molecule has 188 valence electrons. The minimum Gasteiger partial charge on any atom is -0.358 e. The molecule has 7 nitrogen and oxygen atoms in total. The first kappa shape index (κ1) is 24.5. The molecule has 0 radical (unpaired) electrons. The van der Waals surface area contributed by atoms with Crippen LogP contribution in [0, 0.1) is 0 Å². The van der Waals surface area contributed by atoms with Crippen LogP contribution < -0.4 is 20.9 Å². The van der Waals surface area contributed by atoms with Crippen molar-refractivity contribution in [1.82, 2.24) is 5.32 Å². The Morgan fingerprint density at radius 3 is 2.03 bits per heavy atom. The average Bonchev–Trinajstić information content (AvgIpc) is 3.30. The first-order valence-electron chi connectivity index (χ1n) is 12.2. The Morgan fingerprint density at radius 1 is 0.763 bits per heavy atom. The van der Waals surface area contributed by atoms with Crippen molar-refractivity contribution in [3.63, 3.8) is 0 Å². The molecule has 5 rings (SSSR count). The fourth-order valence-corrected chi connectivity index (χ4v) is 4.36. The van der Waals surface area contributed by atoms with Gasteiger partial charge in [-0.2, -0.15) is 0 Å². The summed E-state index contributed by atoms with van der Waals surface area (Å²) in [7, 11) is 1.54. The molecular weight excluding hydrogens is 476 g/mol. The lowest BCUT2D eigenvalue weighted by Crippen LogP contribution is -2.39. The Bertz CT molecular complexity index is 1510. The Morgan fingerprint density at radius 2 is 1.37 bits per heavy atom. The molecule has 1 aliphatic heterocycles. The van der Waals surface area contributed by atoms with Crippen molar-refractivity contribution >= 4 is 46.1 Å². The molecule has 0 spiro atoms. The van der Waals surface area contributed by atoms with Crippen molar-refractivity contribution in [2.75, 3.05) is 29.1 Å². The topological polar surface area (TPSA) is 90.5 Å². The van der Waals surface area contributed by atoms with Crippen molar-refractivity contribution in [1.29, 1.82) is 0 Å². The number of likely N-dealkylation sites (N-methyl/N-ethyl adjacent to an activating group) is 1. The number of nitrogens with one attached hydrogen (secondary N) is 3. The molecule has 3 N–H and O–H groups in total. The lowest BCUT2D eigenvalue weighted by atomic mass is 10.00. The zero-order valence-corrected chi connectivity index (χ0v) is 20.8. The van der Waals surface area contributed by atoms with Crippen LogP contribution in [0.4, 0.5) is 17.1 Å². The largest absolute Gasteiger partial charge is 0.358 e. The average molecular weight is 503 g/mol. The molecule has 0 saturated heterocycles. The van der Waals surface area contributed by atoms with E-state index in [0.717, 1.165) is 22.5 Å². The molecule has 7 heteroatoms. The molecule has 4 aromatic rings. The van der Waals surface area contributed by atoms with Crippen LogP contribution >= 0.6 is 0 Å². The Hall–Kier alpha value is -5.17. The minimum absolute atomic E-state index is 0.118. The summed E-state index contributed by atoms with van der Waals surface area (Å²) >= 11 is 0. The maximum absolute atomic E-state index is 13.2. The van der Waals surface area contributed by atoms with Crippen LogP contribution in [-0.2, 0) is 9.59 Å². The van der Waals surface area contributed by atoms with Crippen molar-refractivity contribution < 1.29 is 14.4 Å². The third-order valence-corrected chi connectivity index (χ3v) is 6.28. The molecule has 0 aliphatic carbocycles. The maximum atomic E-state index is 13.2. The number of hydrogen-bond donors (Lipinski definition) is 3. The van der Waals surface area contributed by atoms with Gasteiger partial charge in [0.1, 0.15) is 6.54 Å². The molecule has 0 atom stereocenters. The smallest absolute Gasteiger partial charge is 0.258 e. The second-order valence-electron chi connectivity index (χ2n) is 8.72. The van der Waals surface area contributed by atoms with Crippen molar-refractivity contribution in [2.24, 2.45) is 0 Å². The highest BCUT2D eigenvalue weighted by atomic mass is 16.2. The molecule has 1 heterocycles. The van der Waals surface area contributed by atoms with Crippen molar-refractivity contribution in [3.8, 4) is 0 Å². The molecule has 4 aromatic carbocycles. The molecule has 0 bridgehead atoms. The first-order valence-corrected chi connectivity index (χ1v) is 12.2. The number of amides is 3. The van der Waals surface area contributed by atoms with E-state index in [0.29, 0.717) is 22.5 Å². The highest BCUT2D eigenvalue weighted by Crippen LogP contribution is 2.37. The van der Waals surface area contributed by atoms with Gasteiger partial charge in [0.05, 0.1) is 11.3 Å². The number of benzene rings is 4. The van der Waals surface area contributed by atoms with Crippen LogP contribution in [0.25, 0.3) is 11.3 Å². The molecule has 0 fully saturated rings. The predicted octanol–water partition coefficient (Wildman–Crippen LogP) is 5.01. The number of carbonyl (C=O) groups excluding carboxylic acids is 3. The van der Waals surface area contributed by atoms with Crippen molar-refractivity contribution in [3.05, 3.63) is 126 Å². The fraction of sp³-hybridized carbons (Fsp3) is 0.0645. The molecule has 0 unspecified atom stereocenters. The first-order chi connectivity index (χ1) is 18.5. The van der Waals surface area contributed by atoms with Gasteiger partial charge in [-0.1, -0.05) is 66.7 Å². The molecule has 3 amide bonds. The van der Waals surface area contributed by atoms with E-state index in [4.69, 9.17) is 0 Å². The van der Waals surface area contributed by atoms with Crippen LogP contribution in [0.2, 0.25) is 0 Å². The summed E-state index contributed by atoms with van der Waals surface area (Å²) < 4.78 is 0. The number of hydrogen-bond acceptors (Lipinski definition) is 4. The maximum Gasteiger partial charge on any atom is 0.258 e. The highest BCUT2D eigenvalue weighted by molar-refractivity contribution is 6.37. The summed E-state index contributed by atoms with van der Waals surface area (Å²) in [5, 5.41) is 8.95. The Kier molecular flexibility index (Phi) is 6.99. The number of para-hydroxylation sites is 1. The summed E-state index contributed by atoms with van der Waals surface area (Å²) in [4.78, 5) is 39.9. The Labute approximate surface area is 220 Å². The quantitative estimate of drug-likeness (QED) is 0.310. The summed E-state index contributed by atoms with van der Waals surface area (Å²) in [6.45, 7) is -0.118. The zero-order valence-electron chi connectivity index (χ0n) is 20.8. The van der Waals surface area contributed by atoms with E-state index in [1.165, 1.54) is 11.9 Å². The van der Waals surface area contributed by atoms with E-state index in [9.17, 15) is 14.4 Å². The lowest BCUT2D eigenvalue weighted by Gasteiger charge is -2.23. The number of rotatable bonds is 7. The number of anilines is 3. The van der Waals surface area contributed by atoms with Gasteiger partial charge < -0.3 is 16.0 Å². The zero-order chi connectivity index (χ0) is 26.5. The summed E-state index contributed by atoms with van der Waals surface area (Å²) in [6, 6.07) is 33.3. The van der Waals surface area contributed by atoms with Crippen LogP contribution in [0.15, 0.2) is 109 Å². The van der Waals surface area contributed by atoms with E-state index >= 15 is 0 Å². The van der Waals surface area contributed by atoms with E-state index in [1.807, 2.05) is 72.8 Å². The molecule has 38 heavy (non-hydrogen) atoms. The van der Waals surface area contributed by atoms with Gasteiger partial charge in [-0.3, -0.25) is 19.3 Å². The normalized spacial score (nSPS) is 13.2. The third kappa shape index (κ3) is 5.03. The standard InChI is InChI=1S/C31H26N4O3/c1-32-27(36)20-35(31(38)22-12-6-3-7-13-22)24-18-16-23(17-19-24)33-29(21-10-4-2-5-11-21)28-25-14-8-9-15-26(25)34-30(28)37/h2-19,33H,20H2,1H3,(H,32,36)(H,34,37)/b29-28-. The Balaban J connectivity index is 1.50. The van der Waals surface area contributed by atoms with Crippen LogP contribution in [-0.4, -0.2) is 31.3 Å². The summed E-state index contributed by atoms with van der Waals surface area (Å²) in [5.74, 6) is -0.737. The van der Waals surface area contributed by atoms with Gasteiger partial charge in [-0.15, -0.1) is 0 Å². The monoisotopic (exact) mass is 502 g/mol. The molecule has 0 saturated carbocycles. The van der Waals surface area contributed by atoms with Gasteiger partial charge in [0.25, 0.3) is 11.8 Å². The van der Waals surface area contributed by atoms with E-state index in [1.54, 1.807) is 36.4 Å². The van der Waals surface area contributed by atoms with Crippen LogP contribution in [0.3, 0.4) is 0 Å². The fourth-order valence-electron chi connectivity index (χ4n) is 4.36. The summed E-state index contributed by atoms with van der Waals surface area (Å²) in [5.41, 5.74) is 5.46. The second kappa shape index (κ2) is 10.8. The number of carbonyl (C=O) groups is 3. The van der Waals surface area contributed by atoms with Gasteiger partial charge in [-0.25, -0.2) is 0 Å². The van der Waals surface area contributed by atoms with E-state index in [2.05, 4.69) is 16.0 Å². The number of fused-ring (bicyclic) bond motifs is 1.